The third-order valence-corrected chi connectivity index (χ3v) is 6.14. The zero-order chi connectivity index (χ0) is 20.7. The molecule has 1 saturated heterocycles. The van der Waals surface area contributed by atoms with Gasteiger partial charge in [0.1, 0.15) is 0 Å². The first-order valence-corrected chi connectivity index (χ1v) is 10.4. The number of fused-ring (bicyclic) bond motifs is 1. The minimum atomic E-state index is -0.437. The number of aliphatic hydroxyl groups excluding tert-OH is 1. The van der Waals surface area contributed by atoms with Gasteiger partial charge in [-0.05, 0) is 43.4 Å². The molecule has 3 aromatic rings. The monoisotopic (exact) mass is 400 g/mol. The molecule has 2 aliphatic rings. The Morgan fingerprint density at radius 2 is 1.83 bits per heavy atom. The van der Waals surface area contributed by atoms with Crippen LogP contribution in [-0.2, 0) is 19.3 Å². The number of aryl methyl sites for hydroxylation is 1. The maximum Gasteiger partial charge on any atom is 0.248 e. The lowest BCUT2D eigenvalue weighted by molar-refractivity contribution is 0.0895. The predicted molar refractivity (Wildman–Crippen MR) is 115 cm³/mol. The topological polar surface area (TPSA) is 92.3 Å². The molecule has 2 aromatic carbocycles. The lowest BCUT2D eigenvalue weighted by Gasteiger charge is -2.45. The predicted octanol–water partition coefficient (Wildman–Crippen LogP) is 2.52. The van der Waals surface area contributed by atoms with Crippen LogP contribution in [0.3, 0.4) is 0 Å². The van der Waals surface area contributed by atoms with Crippen molar-refractivity contribution in [2.24, 2.45) is 5.73 Å². The lowest BCUT2D eigenvalue weighted by atomic mass is 9.92. The Bertz CT molecular complexity index is 1080. The van der Waals surface area contributed by atoms with Gasteiger partial charge < -0.3 is 15.7 Å². The maximum absolute atomic E-state index is 11.4. The van der Waals surface area contributed by atoms with Crippen molar-refractivity contribution in [3.8, 4) is 11.3 Å². The Morgan fingerprint density at radius 3 is 2.53 bits per heavy atom. The molecule has 0 spiro atoms. The van der Waals surface area contributed by atoms with Crippen LogP contribution in [-0.4, -0.2) is 39.7 Å². The van der Waals surface area contributed by atoms with Crippen LogP contribution >= 0.6 is 0 Å². The number of amides is 1. The number of carbonyl (C=O) groups is 1. The molecule has 152 valence electrons. The third-order valence-electron chi connectivity index (χ3n) is 6.14. The molecule has 6 nitrogen and oxygen atoms in total. The Morgan fingerprint density at radius 1 is 1.07 bits per heavy atom. The molecule has 1 aromatic heterocycles. The van der Waals surface area contributed by atoms with Gasteiger partial charge in [-0.3, -0.25) is 4.79 Å². The average molecular weight is 400 g/mol. The highest BCUT2D eigenvalue weighted by molar-refractivity contribution is 5.93. The Kier molecular flexibility index (Phi) is 4.71. The quantitative estimate of drug-likeness (QED) is 0.687. The van der Waals surface area contributed by atoms with Crippen LogP contribution in [0.4, 0.5) is 5.95 Å². The first kappa shape index (κ1) is 18.8. The van der Waals surface area contributed by atoms with Gasteiger partial charge in [0.05, 0.1) is 17.8 Å². The second kappa shape index (κ2) is 7.54. The molecular weight excluding hydrogens is 376 g/mol. The summed E-state index contributed by atoms with van der Waals surface area (Å²) in [5.41, 5.74) is 11.2. The molecular formula is C24H24N4O2. The highest BCUT2D eigenvalue weighted by Gasteiger charge is 2.40. The largest absolute Gasteiger partial charge is 0.389 e. The minimum absolute atomic E-state index is 0.0306. The van der Waals surface area contributed by atoms with Crippen LogP contribution in [0.15, 0.2) is 54.6 Å². The summed E-state index contributed by atoms with van der Waals surface area (Å²) in [6, 6.07) is 17.5. The molecule has 1 aliphatic carbocycles. The molecule has 0 saturated carbocycles. The van der Waals surface area contributed by atoms with Gasteiger partial charge in [0, 0.05) is 28.9 Å². The minimum Gasteiger partial charge on any atom is -0.389 e. The summed E-state index contributed by atoms with van der Waals surface area (Å²) in [5, 5.41) is 10.4. The van der Waals surface area contributed by atoms with Gasteiger partial charge in [-0.15, -0.1) is 0 Å². The molecule has 1 amide bonds. The number of rotatable bonds is 5. The van der Waals surface area contributed by atoms with Gasteiger partial charge in [-0.1, -0.05) is 42.5 Å². The van der Waals surface area contributed by atoms with Gasteiger partial charge in [0.15, 0.2) is 0 Å². The highest BCUT2D eigenvalue weighted by Crippen LogP contribution is 2.34. The number of nitrogens with zero attached hydrogens (tertiary/aromatic N) is 3. The molecule has 2 atom stereocenters. The summed E-state index contributed by atoms with van der Waals surface area (Å²) < 4.78 is 0. The van der Waals surface area contributed by atoms with E-state index in [-0.39, 0.29) is 12.1 Å². The fourth-order valence-corrected chi connectivity index (χ4v) is 4.44. The molecule has 1 aliphatic heterocycles. The SMILES string of the molecule is NC(=O)c1ccc(-c2nc(N3CC(O)[C@@H]3Cc3ccccc3)nc3c2CCC3)cc1. The molecule has 3 N–H and O–H groups in total. The molecule has 5 rings (SSSR count). The van der Waals surface area contributed by atoms with Crippen molar-refractivity contribution in [2.75, 3.05) is 11.4 Å². The molecule has 2 heterocycles. The van der Waals surface area contributed by atoms with Crippen molar-refractivity contribution in [3.05, 3.63) is 77.0 Å². The van der Waals surface area contributed by atoms with Gasteiger partial charge in [-0.2, -0.15) is 0 Å². The van der Waals surface area contributed by atoms with E-state index in [0.29, 0.717) is 18.1 Å². The molecule has 1 unspecified atom stereocenters. The normalized spacial score (nSPS) is 20.0. The van der Waals surface area contributed by atoms with E-state index in [2.05, 4.69) is 17.0 Å². The zero-order valence-corrected chi connectivity index (χ0v) is 16.7. The first-order chi connectivity index (χ1) is 14.6. The first-order valence-electron chi connectivity index (χ1n) is 10.4. The third kappa shape index (κ3) is 3.33. The van der Waals surface area contributed by atoms with Crippen molar-refractivity contribution >= 4 is 11.9 Å². The second-order valence-electron chi connectivity index (χ2n) is 8.07. The van der Waals surface area contributed by atoms with E-state index < -0.39 is 5.91 Å². The molecule has 0 bridgehead atoms. The number of anilines is 1. The summed E-state index contributed by atoms with van der Waals surface area (Å²) in [6.45, 7) is 0.538. The Hall–Kier alpha value is -3.25. The number of carbonyl (C=O) groups excluding carboxylic acids is 1. The maximum atomic E-state index is 11.4. The number of hydrogen-bond donors (Lipinski definition) is 2. The number of primary amides is 1. The summed E-state index contributed by atoms with van der Waals surface area (Å²) in [7, 11) is 0. The molecule has 0 radical (unpaired) electrons. The Balaban J connectivity index is 1.49. The van der Waals surface area contributed by atoms with Crippen LogP contribution < -0.4 is 10.6 Å². The fourth-order valence-electron chi connectivity index (χ4n) is 4.44. The summed E-state index contributed by atoms with van der Waals surface area (Å²) in [4.78, 5) is 23.3. The fraction of sp³-hybridized carbons (Fsp3) is 0.292. The van der Waals surface area contributed by atoms with E-state index >= 15 is 0 Å². The van der Waals surface area contributed by atoms with Crippen molar-refractivity contribution in [3.63, 3.8) is 0 Å². The van der Waals surface area contributed by atoms with Gasteiger partial charge in [-0.25, -0.2) is 9.97 Å². The van der Waals surface area contributed by atoms with Crippen LogP contribution in [0, 0.1) is 0 Å². The zero-order valence-electron chi connectivity index (χ0n) is 16.7. The van der Waals surface area contributed by atoms with Crippen LogP contribution in [0.2, 0.25) is 0 Å². The average Bonchev–Trinajstić information content (AvgIpc) is 3.24. The molecule has 1 fully saturated rings. The van der Waals surface area contributed by atoms with E-state index in [1.165, 1.54) is 11.1 Å². The smallest absolute Gasteiger partial charge is 0.248 e. The van der Waals surface area contributed by atoms with Crippen molar-refractivity contribution in [1.82, 2.24) is 9.97 Å². The lowest BCUT2D eigenvalue weighted by Crippen LogP contribution is -2.62. The van der Waals surface area contributed by atoms with Crippen molar-refractivity contribution in [1.29, 1.82) is 0 Å². The van der Waals surface area contributed by atoms with Gasteiger partial charge in [0.25, 0.3) is 0 Å². The number of β-amino-alcohol motifs (C(OH)–C–C–N with tert-alkyl or cyclic N) is 1. The van der Waals surface area contributed by atoms with Crippen molar-refractivity contribution < 1.29 is 9.90 Å². The number of aliphatic hydroxyl groups is 1. The number of nitrogens with two attached hydrogens (primary N) is 1. The molecule has 6 heteroatoms. The highest BCUT2D eigenvalue weighted by atomic mass is 16.3. The second-order valence-corrected chi connectivity index (χ2v) is 8.07. The van der Waals surface area contributed by atoms with Gasteiger partial charge >= 0.3 is 0 Å². The summed E-state index contributed by atoms with van der Waals surface area (Å²) >= 11 is 0. The number of benzene rings is 2. The summed E-state index contributed by atoms with van der Waals surface area (Å²) in [6.07, 6.45) is 3.33. The van der Waals surface area contributed by atoms with Crippen LogP contribution in [0.25, 0.3) is 11.3 Å². The number of aromatic nitrogens is 2. The van der Waals surface area contributed by atoms with Crippen molar-refractivity contribution in [2.45, 2.75) is 37.8 Å². The van der Waals surface area contributed by atoms with E-state index in [9.17, 15) is 9.90 Å². The van der Waals surface area contributed by atoms with E-state index in [4.69, 9.17) is 15.7 Å². The Labute approximate surface area is 175 Å². The van der Waals surface area contributed by atoms with Crippen LogP contribution in [0.5, 0.6) is 0 Å². The van der Waals surface area contributed by atoms with E-state index in [1.807, 2.05) is 30.3 Å². The van der Waals surface area contributed by atoms with Crippen LogP contribution in [0.1, 0.15) is 33.6 Å². The van der Waals surface area contributed by atoms with Gasteiger partial charge in [0.2, 0.25) is 11.9 Å². The van der Waals surface area contributed by atoms with E-state index in [1.54, 1.807) is 12.1 Å². The van der Waals surface area contributed by atoms with E-state index in [0.717, 1.165) is 42.6 Å². The standard InChI is InChI=1S/C24H24N4O2/c25-23(30)17-11-9-16(10-12-17)22-18-7-4-8-19(18)26-24(27-22)28-14-21(29)20(28)13-15-5-2-1-3-6-15/h1-3,5-6,9-12,20-21,29H,4,7-8,13-14H2,(H2,25,30)/t20-,21?/m0/s1. The number of hydrogen-bond acceptors (Lipinski definition) is 5. The summed E-state index contributed by atoms with van der Waals surface area (Å²) in [5.74, 6) is 0.240. The molecule has 30 heavy (non-hydrogen) atoms.